The van der Waals surface area contributed by atoms with Crippen molar-refractivity contribution in [1.82, 2.24) is 9.29 Å². The number of imide groups is 1. The van der Waals surface area contributed by atoms with Gasteiger partial charge in [0.2, 0.25) is 16.9 Å². The van der Waals surface area contributed by atoms with Gasteiger partial charge in [-0.2, -0.15) is 0 Å². The summed E-state index contributed by atoms with van der Waals surface area (Å²) in [7, 11) is 0. The molecule has 0 aliphatic carbocycles. The van der Waals surface area contributed by atoms with E-state index in [1.165, 1.54) is 0 Å². The zero-order chi connectivity index (χ0) is 13.1. The van der Waals surface area contributed by atoms with Crippen LogP contribution in [0.1, 0.15) is 31.4 Å². The Hall–Kier alpha value is -1.69. The normalized spacial score (nSPS) is 17.1. The molecule has 1 atom stereocenters. The standard InChI is InChI=1S/C12H12N2O3S/c1-8(9-4-2-3-7-13-9)12(17)18-14-10(15)5-6-11(14)16/h2-4,7-8H,5-6H2,1H3. The lowest BCUT2D eigenvalue weighted by atomic mass is 10.1. The highest BCUT2D eigenvalue weighted by Gasteiger charge is 2.33. The summed E-state index contributed by atoms with van der Waals surface area (Å²) in [6, 6.07) is 5.31. The molecule has 1 aliphatic heterocycles. The maximum atomic E-state index is 12.0. The van der Waals surface area contributed by atoms with Crippen LogP contribution in [-0.2, 0) is 14.4 Å². The molecule has 2 rings (SSSR count). The molecule has 0 aromatic carbocycles. The Balaban J connectivity index is 2.04. The van der Waals surface area contributed by atoms with Crippen molar-refractivity contribution in [3.8, 4) is 0 Å². The van der Waals surface area contributed by atoms with Gasteiger partial charge >= 0.3 is 0 Å². The molecule has 5 nitrogen and oxygen atoms in total. The Morgan fingerprint density at radius 3 is 2.56 bits per heavy atom. The van der Waals surface area contributed by atoms with Gasteiger partial charge in [0.15, 0.2) is 0 Å². The van der Waals surface area contributed by atoms with Gasteiger partial charge in [-0.1, -0.05) is 6.07 Å². The van der Waals surface area contributed by atoms with E-state index in [-0.39, 0.29) is 29.8 Å². The average Bonchev–Trinajstić information content (AvgIpc) is 2.70. The maximum Gasteiger partial charge on any atom is 0.240 e. The van der Waals surface area contributed by atoms with Gasteiger partial charge in [-0.05, 0) is 19.1 Å². The van der Waals surface area contributed by atoms with Gasteiger partial charge in [0.25, 0.3) is 0 Å². The Kier molecular flexibility index (Phi) is 3.76. The van der Waals surface area contributed by atoms with E-state index in [4.69, 9.17) is 0 Å². The van der Waals surface area contributed by atoms with E-state index in [9.17, 15) is 14.4 Å². The van der Waals surface area contributed by atoms with Crippen LogP contribution < -0.4 is 0 Å². The molecule has 94 valence electrons. The summed E-state index contributed by atoms with van der Waals surface area (Å²) in [5.74, 6) is -1.05. The third-order valence-electron chi connectivity index (χ3n) is 2.67. The minimum Gasteiger partial charge on any atom is -0.285 e. The van der Waals surface area contributed by atoms with Gasteiger partial charge in [-0.3, -0.25) is 19.4 Å². The largest absolute Gasteiger partial charge is 0.285 e. The molecule has 1 aromatic heterocycles. The molecule has 0 bridgehead atoms. The number of hydrogen-bond donors (Lipinski definition) is 0. The van der Waals surface area contributed by atoms with E-state index in [0.29, 0.717) is 17.6 Å². The quantitative estimate of drug-likeness (QED) is 0.611. The van der Waals surface area contributed by atoms with Crippen LogP contribution in [0.25, 0.3) is 0 Å². The van der Waals surface area contributed by atoms with Crippen LogP contribution in [0.15, 0.2) is 24.4 Å². The summed E-state index contributed by atoms with van der Waals surface area (Å²) in [4.78, 5) is 38.8. The first-order chi connectivity index (χ1) is 8.59. The molecule has 0 saturated carbocycles. The van der Waals surface area contributed by atoms with Crippen LogP contribution in [0, 0.1) is 0 Å². The molecule has 1 saturated heterocycles. The highest BCUT2D eigenvalue weighted by atomic mass is 32.2. The molecule has 0 radical (unpaired) electrons. The number of hydrogen-bond acceptors (Lipinski definition) is 5. The second kappa shape index (κ2) is 5.30. The van der Waals surface area contributed by atoms with Crippen molar-refractivity contribution >= 4 is 28.9 Å². The van der Waals surface area contributed by atoms with Crippen LogP contribution in [0.4, 0.5) is 0 Å². The Labute approximate surface area is 109 Å². The predicted molar refractivity (Wildman–Crippen MR) is 66.3 cm³/mol. The second-order valence-electron chi connectivity index (χ2n) is 3.97. The van der Waals surface area contributed by atoms with Gasteiger partial charge in [0.05, 0.1) is 11.6 Å². The SMILES string of the molecule is CC(C(=O)SN1C(=O)CCC1=O)c1ccccn1. The summed E-state index contributed by atoms with van der Waals surface area (Å²) in [6.07, 6.45) is 1.99. The third-order valence-corrected chi connectivity index (χ3v) is 3.80. The molecule has 18 heavy (non-hydrogen) atoms. The van der Waals surface area contributed by atoms with E-state index in [2.05, 4.69) is 4.98 Å². The summed E-state index contributed by atoms with van der Waals surface area (Å²) in [5.41, 5.74) is 0.633. The first-order valence-electron chi connectivity index (χ1n) is 5.58. The molecule has 0 N–H and O–H groups in total. The summed E-state index contributed by atoms with van der Waals surface area (Å²) >= 11 is 0.682. The third kappa shape index (κ3) is 2.59. The summed E-state index contributed by atoms with van der Waals surface area (Å²) in [5, 5.41) is -0.253. The molecular formula is C12H12N2O3S. The lowest BCUT2D eigenvalue weighted by Crippen LogP contribution is -2.25. The highest BCUT2D eigenvalue weighted by Crippen LogP contribution is 2.27. The highest BCUT2D eigenvalue weighted by molar-refractivity contribution is 8.12. The van der Waals surface area contributed by atoms with Gasteiger partial charge in [-0.25, -0.2) is 4.31 Å². The van der Waals surface area contributed by atoms with Gasteiger partial charge < -0.3 is 0 Å². The zero-order valence-corrected chi connectivity index (χ0v) is 10.6. The van der Waals surface area contributed by atoms with Crippen LogP contribution in [0.3, 0.4) is 0 Å². The fourth-order valence-corrected chi connectivity index (χ4v) is 2.42. The van der Waals surface area contributed by atoms with Crippen molar-refractivity contribution in [2.45, 2.75) is 25.7 Å². The van der Waals surface area contributed by atoms with Crippen LogP contribution in [0.2, 0.25) is 0 Å². The van der Waals surface area contributed by atoms with Crippen molar-refractivity contribution in [3.63, 3.8) is 0 Å². The zero-order valence-electron chi connectivity index (χ0n) is 9.83. The number of carbonyl (C=O) groups excluding carboxylic acids is 3. The van der Waals surface area contributed by atoms with Crippen molar-refractivity contribution < 1.29 is 14.4 Å². The minimum absolute atomic E-state index is 0.192. The molecule has 0 spiro atoms. The first kappa shape index (κ1) is 12.8. The Morgan fingerprint density at radius 1 is 1.33 bits per heavy atom. The number of pyridine rings is 1. The van der Waals surface area contributed by atoms with Crippen molar-refractivity contribution in [2.75, 3.05) is 0 Å². The molecule has 1 aromatic rings. The number of aromatic nitrogens is 1. The fraction of sp³-hybridized carbons (Fsp3) is 0.333. The lowest BCUT2D eigenvalue weighted by Gasteiger charge is -2.14. The van der Waals surface area contributed by atoms with Crippen LogP contribution in [-0.4, -0.2) is 26.2 Å². The van der Waals surface area contributed by atoms with E-state index in [0.717, 1.165) is 4.31 Å². The van der Waals surface area contributed by atoms with E-state index < -0.39 is 5.92 Å². The second-order valence-corrected chi connectivity index (χ2v) is 4.92. The van der Waals surface area contributed by atoms with E-state index in [1.54, 1.807) is 31.3 Å². The summed E-state index contributed by atoms with van der Waals surface area (Å²) in [6.45, 7) is 1.71. The maximum absolute atomic E-state index is 12.0. The van der Waals surface area contributed by atoms with E-state index in [1.807, 2.05) is 0 Å². The van der Waals surface area contributed by atoms with Crippen LogP contribution >= 0.6 is 11.9 Å². The number of carbonyl (C=O) groups is 3. The van der Waals surface area contributed by atoms with Crippen LogP contribution in [0.5, 0.6) is 0 Å². The molecule has 1 aliphatic rings. The molecule has 2 heterocycles. The Morgan fingerprint density at radius 2 is 2.00 bits per heavy atom. The monoisotopic (exact) mass is 264 g/mol. The first-order valence-corrected chi connectivity index (χ1v) is 6.35. The average molecular weight is 264 g/mol. The number of nitrogens with zero attached hydrogens (tertiary/aromatic N) is 2. The summed E-state index contributed by atoms with van der Waals surface area (Å²) < 4.78 is 0.960. The molecule has 1 fully saturated rings. The van der Waals surface area contributed by atoms with Gasteiger partial charge in [-0.15, -0.1) is 0 Å². The smallest absolute Gasteiger partial charge is 0.240 e. The van der Waals surface area contributed by atoms with Crippen molar-refractivity contribution in [3.05, 3.63) is 30.1 Å². The number of amides is 2. The number of rotatable bonds is 3. The van der Waals surface area contributed by atoms with Gasteiger partial charge in [0, 0.05) is 31.0 Å². The minimum atomic E-state index is -0.447. The predicted octanol–water partition coefficient (Wildman–Crippen LogP) is 1.51. The van der Waals surface area contributed by atoms with E-state index >= 15 is 0 Å². The Bertz CT molecular complexity index is 473. The molecule has 6 heteroatoms. The van der Waals surface area contributed by atoms with Crippen molar-refractivity contribution in [1.29, 1.82) is 0 Å². The topological polar surface area (TPSA) is 67.3 Å². The lowest BCUT2D eigenvalue weighted by molar-refractivity contribution is -0.132. The fourth-order valence-electron chi connectivity index (χ4n) is 1.58. The molecular weight excluding hydrogens is 252 g/mol. The van der Waals surface area contributed by atoms with Gasteiger partial charge in [0.1, 0.15) is 0 Å². The molecule has 1 unspecified atom stereocenters. The molecule has 2 amide bonds. The van der Waals surface area contributed by atoms with Crippen molar-refractivity contribution in [2.24, 2.45) is 0 Å².